The van der Waals surface area contributed by atoms with Crippen molar-refractivity contribution in [2.45, 2.75) is 6.42 Å². The van der Waals surface area contributed by atoms with E-state index in [9.17, 15) is 8.42 Å². The molecule has 0 aliphatic carbocycles. The zero-order valence-electron chi connectivity index (χ0n) is 15.1. The maximum absolute atomic E-state index is 11.3. The fraction of sp³-hybridized carbons (Fsp3) is 0.143. The van der Waals surface area contributed by atoms with E-state index >= 15 is 0 Å². The highest BCUT2D eigenvalue weighted by atomic mass is 35.5. The Labute approximate surface area is 164 Å². The number of sulfonamides is 1. The molecule has 0 aliphatic heterocycles. The van der Waals surface area contributed by atoms with Crippen LogP contribution >= 0.6 is 11.6 Å². The lowest BCUT2D eigenvalue weighted by Crippen LogP contribution is -2.09. The predicted octanol–water partition coefficient (Wildman–Crippen LogP) is 4.98. The Bertz CT molecular complexity index is 1050. The minimum Gasteiger partial charge on any atom is -0.496 e. The molecule has 3 aromatic carbocycles. The van der Waals surface area contributed by atoms with Crippen LogP contribution in [0.1, 0.15) is 11.1 Å². The summed E-state index contributed by atoms with van der Waals surface area (Å²) in [4.78, 5) is 0. The smallest absolute Gasteiger partial charge is 0.229 e. The number of hydrogen-bond acceptors (Lipinski definition) is 3. The monoisotopic (exact) mass is 401 g/mol. The number of ether oxygens (including phenoxy) is 1. The van der Waals surface area contributed by atoms with Crippen LogP contribution in [0.3, 0.4) is 0 Å². The quantitative estimate of drug-likeness (QED) is 0.633. The average Bonchev–Trinajstić information content (AvgIpc) is 2.62. The van der Waals surface area contributed by atoms with Gasteiger partial charge >= 0.3 is 0 Å². The number of rotatable bonds is 6. The van der Waals surface area contributed by atoms with Crippen LogP contribution in [0.25, 0.3) is 11.1 Å². The summed E-state index contributed by atoms with van der Waals surface area (Å²) in [5.41, 5.74) is 4.73. The van der Waals surface area contributed by atoms with Crippen molar-refractivity contribution < 1.29 is 13.2 Å². The van der Waals surface area contributed by atoms with E-state index in [4.69, 9.17) is 16.3 Å². The molecule has 0 spiro atoms. The third-order valence-corrected chi connectivity index (χ3v) is 4.91. The minimum absolute atomic E-state index is 0.551. The largest absolute Gasteiger partial charge is 0.496 e. The van der Waals surface area contributed by atoms with E-state index in [2.05, 4.69) is 10.8 Å². The first-order valence-electron chi connectivity index (χ1n) is 8.33. The summed E-state index contributed by atoms with van der Waals surface area (Å²) in [7, 11) is -1.62. The molecule has 0 saturated carbocycles. The summed E-state index contributed by atoms with van der Waals surface area (Å²) in [5.74, 6) is 0.786. The van der Waals surface area contributed by atoms with Gasteiger partial charge in [-0.3, -0.25) is 4.72 Å². The van der Waals surface area contributed by atoms with E-state index < -0.39 is 10.0 Å². The Morgan fingerprint density at radius 3 is 2.30 bits per heavy atom. The van der Waals surface area contributed by atoms with Gasteiger partial charge in [0.2, 0.25) is 10.0 Å². The van der Waals surface area contributed by atoms with E-state index in [1.54, 1.807) is 19.2 Å². The fourth-order valence-corrected chi connectivity index (χ4v) is 3.64. The van der Waals surface area contributed by atoms with Crippen molar-refractivity contribution in [1.82, 2.24) is 0 Å². The first kappa shape index (κ1) is 19.3. The van der Waals surface area contributed by atoms with E-state index in [0.717, 1.165) is 40.7 Å². The molecule has 0 bridgehead atoms. The summed E-state index contributed by atoms with van der Waals surface area (Å²) in [6.45, 7) is 0. The number of hydrogen-bond donors (Lipinski definition) is 1. The zero-order chi connectivity index (χ0) is 19.4. The molecule has 0 radical (unpaired) electrons. The molecule has 4 nitrogen and oxygen atoms in total. The van der Waals surface area contributed by atoms with Gasteiger partial charge in [0.05, 0.1) is 13.4 Å². The summed E-state index contributed by atoms with van der Waals surface area (Å²) in [5, 5.41) is 0.675. The van der Waals surface area contributed by atoms with Gasteiger partial charge < -0.3 is 4.74 Å². The van der Waals surface area contributed by atoms with Crippen LogP contribution in [0.2, 0.25) is 5.02 Å². The molecular weight excluding hydrogens is 382 g/mol. The molecule has 0 fully saturated rings. The Morgan fingerprint density at radius 1 is 0.963 bits per heavy atom. The number of anilines is 1. The summed E-state index contributed by atoms with van der Waals surface area (Å²) < 4.78 is 30.6. The zero-order valence-corrected chi connectivity index (χ0v) is 16.6. The number of halogens is 1. The van der Waals surface area contributed by atoms with Gasteiger partial charge in [-0.25, -0.2) is 8.42 Å². The average molecular weight is 402 g/mol. The van der Waals surface area contributed by atoms with Crippen LogP contribution in [0.4, 0.5) is 5.69 Å². The summed E-state index contributed by atoms with van der Waals surface area (Å²) >= 11 is 6.13. The van der Waals surface area contributed by atoms with Crippen LogP contribution in [-0.4, -0.2) is 21.8 Å². The van der Waals surface area contributed by atoms with Crippen molar-refractivity contribution in [3.8, 4) is 16.9 Å². The van der Waals surface area contributed by atoms with Crippen molar-refractivity contribution in [3.63, 3.8) is 0 Å². The maximum atomic E-state index is 11.3. The third kappa shape index (κ3) is 5.25. The van der Waals surface area contributed by atoms with E-state index in [1.807, 2.05) is 48.5 Å². The highest BCUT2D eigenvalue weighted by Crippen LogP contribution is 2.33. The molecule has 0 aromatic heterocycles. The van der Waals surface area contributed by atoms with Gasteiger partial charge in [0, 0.05) is 16.3 Å². The summed E-state index contributed by atoms with van der Waals surface area (Å²) in [6, 6.07) is 21.1. The number of benzene rings is 3. The Hall–Kier alpha value is -2.50. The molecular formula is C21H20ClNO3S. The SMILES string of the molecule is COc1ccc(Cc2ccc(NS(C)(=O)=O)cc2)cc1-c1cccc(Cl)c1. The van der Waals surface area contributed by atoms with E-state index in [-0.39, 0.29) is 0 Å². The van der Waals surface area contributed by atoms with Crippen LogP contribution in [0, 0.1) is 0 Å². The molecule has 0 heterocycles. The third-order valence-electron chi connectivity index (χ3n) is 4.06. The number of nitrogens with one attached hydrogen (secondary N) is 1. The lowest BCUT2D eigenvalue weighted by Gasteiger charge is -2.12. The van der Waals surface area contributed by atoms with Gasteiger partial charge in [0.15, 0.2) is 0 Å². The molecule has 6 heteroatoms. The molecule has 0 saturated heterocycles. The standard InChI is InChI=1S/C21H20ClNO3S/c1-26-21-11-8-16(13-20(21)17-4-3-5-18(22)14-17)12-15-6-9-19(10-7-15)23-27(2,24)25/h3-11,13-14,23H,12H2,1-2H3. The second kappa shape index (κ2) is 8.03. The van der Waals surface area contributed by atoms with Gasteiger partial charge in [0.1, 0.15) is 5.75 Å². The van der Waals surface area contributed by atoms with E-state index in [0.29, 0.717) is 10.7 Å². The molecule has 27 heavy (non-hydrogen) atoms. The number of methoxy groups -OCH3 is 1. The second-order valence-corrected chi connectivity index (χ2v) is 8.48. The van der Waals surface area contributed by atoms with Crippen molar-refractivity contribution in [2.24, 2.45) is 0 Å². The Balaban J connectivity index is 1.86. The minimum atomic E-state index is -3.27. The maximum Gasteiger partial charge on any atom is 0.229 e. The molecule has 140 valence electrons. The first-order chi connectivity index (χ1) is 12.8. The van der Waals surface area contributed by atoms with Crippen molar-refractivity contribution in [2.75, 3.05) is 18.1 Å². The highest BCUT2D eigenvalue weighted by molar-refractivity contribution is 7.92. The molecule has 0 amide bonds. The normalized spacial score (nSPS) is 11.2. The van der Waals surface area contributed by atoms with E-state index in [1.165, 1.54) is 0 Å². The van der Waals surface area contributed by atoms with Crippen LogP contribution < -0.4 is 9.46 Å². The Kier molecular flexibility index (Phi) is 5.73. The second-order valence-electron chi connectivity index (χ2n) is 6.29. The highest BCUT2D eigenvalue weighted by Gasteiger charge is 2.09. The van der Waals surface area contributed by atoms with Gasteiger partial charge in [0.25, 0.3) is 0 Å². The lowest BCUT2D eigenvalue weighted by atomic mass is 9.98. The molecule has 0 atom stereocenters. The van der Waals surface area contributed by atoms with Gasteiger partial charge in [-0.1, -0.05) is 41.9 Å². The molecule has 3 aromatic rings. The van der Waals surface area contributed by atoms with Gasteiger partial charge in [-0.15, -0.1) is 0 Å². The summed E-state index contributed by atoms with van der Waals surface area (Å²) in [6.07, 6.45) is 1.85. The van der Waals surface area contributed by atoms with Crippen molar-refractivity contribution in [3.05, 3.63) is 82.9 Å². The van der Waals surface area contributed by atoms with Crippen LogP contribution in [0.5, 0.6) is 5.75 Å². The van der Waals surface area contributed by atoms with Crippen molar-refractivity contribution in [1.29, 1.82) is 0 Å². The van der Waals surface area contributed by atoms with Crippen LogP contribution in [-0.2, 0) is 16.4 Å². The fourth-order valence-electron chi connectivity index (χ4n) is 2.89. The van der Waals surface area contributed by atoms with Crippen molar-refractivity contribution >= 4 is 27.3 Å². The van der Waals surface area contributed by atoms with Gasteiger partial charge in [-0.05, 0) is 59.5 Å². The Morgan fingerprint density at radius 2 is 1.67 bits per heavy atom. The predicted molar refractivity (Wildman–Crippen MR) is 111 cm³/mol. The first-order valence-corrected chi connectivity index (χ1v) is 10.6. The topological polar surface area (TPSA) is 55.4 Å². The molecule has 0 aliphatic rings. The molecule has 0 unspecified atom stereocenters. The molecule has 1 N–H and O–H groups in total. The molecule has 3 rings (SSSR count). The van der Waals surface area contributed by atoms with Gasteiger partial charge in [-0.2, -0.15) is 0 Å². The van der Waals surface area contributed by atoms with Crippen LogP contribution in [0.15, 0.2) is 66.7 Å². The lowest BCUT2D eigenvalue weighted by molar-refractivity contribution is 0.416.